The number of benzene rings is 1. The van der Waals surface area contributed by atoms with Gasteiger partial charge in [-0.15, -0.1) is 0 Å². The second-order valence-corrected chi connectivity index (χ2v) is 5.37. The van der Waals surface area contributed by atoms with Crippen molar-refractivity contribution in [2.24, 2.45) is 0 Å². The summed E-state index contributed by atoms with van der Waals surface area (Å²) in [6.45, 7) is 1.37. The number of carbonyl (C=O) groups excluding carboxylic acids is 1. The summed E-state index contributed by atoms with van der Waals surface area (Å²) in [6.07, 6.45) is 2.35. The lowest BCUT2D eigenvalue weighted by Crippen LogP contribution is -2.53. The Morgan fingerprint density at radius 3 is 2.67 bits per heavy atom. The largest absolute Gasteiger partial charge is 0.481 e. The molecule has 1 aromatic rings. The molecule has 2 rings (SSSR count). The number of carboxylic acids is 1. The van der Waals surface area contributed by atoms with Crippen molar-refractivity contribution in [1.29, 1.82) is 0 Å². The summed E-state index contributed by atoms with van der Waals surface area (Å²) in [6, 6.07) is 4.35. The van der Waals surface area contributed by atoms with Crippen molar-refractivity contribution in [3.05, 3.63) is 29.6 Å². The van der Waals surface area contributed by atoms with Gasteiger partial charge in [-0.1, -0.05) is 18.9 Å². The molecule has 0 heterocycles. The zero-order valence-corrected chi connectivity index (χ0v) is 11.8. The molecule has 1 fully saturated rings. The maximum Gasteiger partial charge on any atom is 0.329 e. The number of halogens is 1. The summed E-state index contributed by atoms with van der Waals surface area (Å²) in [4.78, 5) is 23.2. The van der Waals surface area contributed by atoms with Crippen LogP contribution >= 0.6 is 0 Å². The number of carbonyl (C=O) groups is 2. The zero-order chi connectivity index (χ0) is 15.5. The third-order valence-corrected chi connectivity index (χ3v) is 3.69. The first-order valence-electron chi connectivity index (χ1n) is 6.86. The van der Waals surface area contributed by atoms with Crippen molar-refractivity contribution >= 4 is 11.9 Å². The van der Waals surface area contributed by atoms with Crippen molar-refractivity contribution < 1.29 is 23.8 Å². The van der Waals surface area contributed by atoms with Crippen molar-refractivity contribution in [2.75, 3.05) is 6.61 Å². The number of hydrogen-bond donors (Lipinski definition) is 2. The van der Waals surface area contributed by atoms with Gasteiger partial charge in [-0.25, -0.2) is 9.18 Å². The van der Waals surface area contributed by atoms with Gasteiger partial charge in [0.15, 0.2) is 18.2 Å². The van der Waals surface area contributed by atoms with Crippen molar-refractivity contribution in [3.8, 4) is 5.75 Å². The predicted octanol–water partition coefficient (Wildman–Crippen LogP) is 2.03. The first-order chi connectivity index (χ1) is 9.93. The highest BCUT2D eigenvalue weighted by Gasteiger charge is 2.42. The van der Waals surface area contributed by atoms with E-state index in [-0.39, 0.29) is 5.75 Å². The van der Waals surface area contributed by atoms with E-state index in [4.69, 9.17) is 4.74 Å². The number of carboxylic acid groups (broad SMARTS) is 1. The summed E-state index contributed by atoms with van der Waals surface area (Å²) < 4.78 is 18.6. The van der Waals surface area contributed by atoms with Crippen LogP contribution < -0.4 is 10.1 Å². The topological polar surface area (TPSA) is 75.6 Å². The van der Waals surface area contributed by atoms with Gasteiger partial charge in [0.25, 0.3) is 5.91 Å². The van der Waals surface area contributed by atoms with Gasteiger partial charge in [0.1, 0.15) is 5.54 Å². The van der Waals surface area contributed by atoms with E-state index in [1.165, 1.54) is 12.1 Å². The molecule has 1 aliphatic rings. The molecule has 2 N–H and O–H groups in total. The lowest BCUT2D eigenvalue weighted by molar-refractivity contribution is -0.147. The van der Waals surface area contributed by atoms with E-state index in [0.29, 0.717) is 12.8 Å². The highest BCUT2D eigenvalue weighted by molar-refractivity contribution is 5.87. The molecule has 0 bridgehead atoms. The number of ether oxygens (including phenoxy) is 1. The SMILES string of the molecule is Cc1ccc(F)c(OCC(=O)NC2(C(=O)O)CCCC2)c1. The first kappa shape index (κ1) is 15.3. The molecule has 6 heteroatoms. The number of aliphatic carboxylic acids is 1. The van der Waals surface area contributed by atoms with E-state index >= 15 is 0 Å². The second kappa shape index (κ2) is 6.11. The van der Waals surface area contributed by atoms with Gasteiger partial charge < -0.3 is 15.2 Å². The molecule has 21 heavy (non-hydrogen) atoms. The van der Waals surface area contributed by atoms with Gasteiger partial charge in [-0.3, -0.25) is 4.79 Å². The van der Waals surface area contributed by atoms with Crippen molar-refractivity contribution in [1.82, 2.24) is 5.32 Å². The quantitative estimate of drug-likeness (QED) is 0.871. The van der Waals surface area contributed by atoms with Gasteiger partial charge in [0.2, 0.25) is 0 Å². The Kier molecular flexibility index (Phi) is 4.45. The number of amides is 1. The fourth-order valence-electron chi connectivity index (χ4n) is 2.54. The lowest BCUT2D eigenvalue weighted by atomic mass is 9.98. The van der Waals surface area contributed by atoms with Crippen LogP contribution in [0.2, 0.25) is 0 Å². The molecule has 0 aromatic heterocycles. The molecule has 0 aliphatic heterocycles. The first-order valence-corrected chi connectivity index (χ1v) is 6.86. The Bertz CT molecular complexity index is 553. The average Bonchev–Trinajstić information content (AvgIpc) is 2.89. The molecule has 1 saturated carbocycles. The minimum absolute atomic E-state index is 0.0130. The van der Waals surface area contributed by atoms with Crippen molar-refractivity contribution in [2.45, 2.75) is 38.1 Å². The van der Waals surface area contributed by atoms with E-state index in [9.17, 15) is 19.1 Å². The minimum Gasteiger partial charge on any atom is -0.481 e. The van der Waals surface area contributed by atoms with E-state index < -0.39 is 29.8 Å². The van der Waals surface area contributed by atoms with E-state index in [1.807, 2.05) is 0 Å². The van der Waals surface area contributed by atoms with Crippen LogP contribution in [-0.2, 0) is 9.59 Å². The number of hydrogen-bond acceptors (Lipinski definition) is 3. The van der Waals surface area contributed by atoms with Crippen LogP contribution in [0.3, 0.4) is 0 Å². The maximum atomic E-state index is 13.5. The lowest BCUT2D eigenvalue weighted by Gasteiger charge is -2.25. The molecule has 5 nitrogen and oxygen atoms in total. The molecule has 0 unspecified atom stereocenters. The summed E-state index contributed by atoms with van der Waals surface area (Å²) in [5, 5.41) is 11.8. The summed E-state index contributed by atoms with van der Waals surface area (Å²) >= 11 is 0. The van der Waals surface area contributed by atoms with Gasteiger partial charge in [-0.05, 0) is 37.5 Å². The molecule has 0 atom stereocenters. The minimum atomic E-state index is -1.20. The molecule has 1 aliphatic carbocycles. The Hall–Kier alpha value is -2.11. The van der Waals surface area contributed by atoms with Crippen LogP contribution in [0, 0.1) is 12.7 Å². The van der Waals surface area contributed by atoms with Crippen LogP contribution in [0.1, 0.15) is 31.2 Å². The molecule has 0 spiro atoms. The van der Waals surface area contributed by atoms with Crippen LogP contribution in [0.25, 0.3) is 0 Å². The van der Waals surface area contributed by atoms with Gasteiger partial charge in [0, 0.05) is 0 Å². The Labute approximate surface area is 122 Å². The summed E-state index contributed by atoms with van der Waals surface area (Å²) in [5.74, 6) is -2.15. The second-order valence-electron chi connectivity index (χ2n) is 5.37. The summed E-state index contributed by atoms with van der Waals surface area (Å²) in [7, 11) is 0. The van der Waals surface area contributed by atoms with Crippen LogP contribution in [-0.4, -0.2) is 29.1 Å². The van der Waals surface area contributed by atoms with Gasteiger partial charge in [0.05, 0.1) is 0 Å². The number of aryl methyl sites for hydroxylation is 1. The molecule has 1 aromatic carbocycles. The monoisotopic (exact) mass is 295 g/mol. The zero-order valence-electron chi connectivity index (χ0n) is 11.8. The number of rotatable bonds is 5. The van der Waals surface area contributed by atoms with E-state index in [1.54, 1.807) is 13.0 Å². The molecule has 114 valence electrons. The molecular weight excluding hydrogens is 277 g/mol. The van der Waals surface area contributed by atoms with Crippen LogP contribution in [0.15, 0.2) is 18.2 Å². The molecule has 1 amide bonds. The normalized spacial score (nSPS) is 16.5. The predicted molar refractivity (Wildman–Crippen MR) is 73.6 cm³/mol. The fourth-order valence-corrected chi connectivity index (χ4v) is 2.54. The highest BCUT2D eigenvalue weighted by atomic mass is 19.1. The molecule has 0 saturated heterocycles. The Balaban J connectivity index is 1.96. The van der Waals surface area contributed by atoms with E-state index in [2.05, 4.69) is 5.32 Å². The number of nitrogens with one attached hydrogen (secondary N) is 1. The average molecular weight is 295 g/mol. The smallest absolute Gasteiger partial charge is 0.329 e. The van der Waals surface area contributed by atoms with Gasteiger partial charge >= 0.3 is 5.97 Å². The Morgan fingerprint density at radius 2 is 2.05 bits per heavy atom. The molecule has 0 radical (unpaired) electrons. The summed E-state index contributed by atoms with van der Waals surface area (Å²) in [5.41, 5.74) is -0.393. The van der Waals surface area contributed by atoms with E-state index in [0.717, 1.165) is 18.4 Å². The fraction of sp³-hybridized carbons (Fsp3) is 0.467. The standard InChI is InChI=1S/C15H18FNO4/c1-10-4-5-11(16)12(8-10)21-9-13(18)17-15(14(19)20)6-2-3-7-15/h4-5,8H,2-3,6-7,9H2,1H3,(H,17,18)(H,19,20). The van der Waals surface area contributed by atoms with Crippen LogP contribution in [0.4, 0.5) is 4.39 Å². The maximum absolute atomic E-state index is 13.5. The van der Waals surface area contributed by atoms with Gasteiger partial charge in [-0.2, -0.15) is 0 Å². The highest BCUT2D eigenvalue weighted by Crippen LogP contribution is 2.29. The third kappa shape index (κ3) is 3.51. The Morgan fingerprint density at radius 1 is 1.38 bits per heavy atom. The van der Waals surface area contributed by atoms with Crippen LogP contribution in [0.5, 0.6) is 5.75 Å². The third-order valence-electron chi connectivity index (χ3n) is 3.69. The molecular formula is C15H18FNO4. The van der Waals surface area contributed by atoms with Crippen molar-refractivity contribution in [3.63, 3.8) is 0 Å².